The number of nitrogens with two attached hydrogens (primary N) is 1. The molecule has 0 aromatic carbocycles. The zero-order chi connectivity index (χ0) is 14.3. The Kier molecular flexibility index (Phi) is 5.71. The molecule has 1 aromatic rings. The first kappa shape index (κ1) is 15.4. The zero-order valence-electron chi connectivity index (χ0n) is 10.7. The quantitative estimate of drug-likeness (QED) is 0.607. The van der Waals surface area contributed by atoms with Gasteiger partial charge >= 0.3 is 0 Å². The molecule has 106 valence electrons. The second kappa shape index (κ2) is 7.05. The maximum Gasteiger partial charge on any atom is 0.255 e. The molecule has 1 rings (SSSR count). The van der Waals surface area contributed by atoms with E-state index in [1.165, 1.54) is 0 Å². The number of pyridine rings is 1. The molecular weight excluding hydrogens is 268 g/mol. The molecule has 7 nitrogen and oxygen atoms in total. The van der Waals surface area contributed by atoms with Gasteiger partial charge in [0.15, 0.2) is 0 Å². The van der Waals surface area contributed by atoms with Gasteiger partial charge in [-0.15, -0.1) is 0 Å². The van der Waals surface area contributed by atoms with E-state index >= 15 is 0 Å². The summed E-state index contributed by atoms with van der Waals surface area (Å²) in [5.41, 5.74) is 0.431. The summed E-state index contributed by atoms with van der Waals surface area (Å²) >= 11 is 0. The molecule has 0 bridgehead atoms. The van der Waals surface area contributed by atoms with E-state index in [0.717, 1.165) is 0 Å². The number of carbonyl (C=O) groups is 1. The fraction of sp³-hybridized carbons (Fsp3) is 0.455. The van der Waals surface area contributed by atoms with E-state index < -0.39 is 10.0 Å². The molecular formula is C11H18N4O3S. The summed E-state index contributed by atoms with van der Waals surface area (Å²) in [4.78, 5) is 16.0. The Bertz CT molecular complexity index is 530. The second-order valence-corrected chi connectivity index (χ2v) is 5.64. The number of nitrogens with one attached hydrogen (secondary N) is 2. The van der Waals surface area contributed by atoms with Crippen molar-refractivity contribution in [2.75, 3.05) is 24.2 Å². The number of sulfonamides is 1. The zero-order valence-corrected chi connectivity index (χ0v) is 11.5. The molecule has 0 aliphatic rings. The van der Waals surface area contributed by atoms with Crippen LogP contribution in [0, 0.1) is 0 Å². The van der Waals surface area contributed by atoms with E-state index in [4.69, 9.17) is 5.14 Å². The van der Waals surface area contributed by atoms with E-state index in [-0.39, 0.29) is 24.6 Å². The van der Waals surface area contributed by atoms with Crippen molar-refractivity contribution < 1.29 is 13.2 Å². The SMILES string of the molecule is CCNc1ncccc1C(=O)NCCCS(N)(=O)=O. The van der Waals surface area contributed by atoms with Crippen LogP contribution in [0.4, 0.5) is 5.82 Å². The number of amides is 1. The first-order valence-corrected chi connectivity index (χ1v) is 7.63. The van der Waals surface area contributed by atoms with Gasteiger partial charge < -0.3 is 10.6 Å². The van der Waals surface area contributed by atoms with Crippen molar-refractivity contribution in [1.82, 2.24) is 10.3 Å². The topological polar surface area (TPSA) is 114 Å². The fourth-order valence-electron chi connectivity index (χ4n) is 1.47. The number of rotatable bonds is 7. The average molecular weight is 286 g/mol. The van der Waals surface area contributed by atoms with Gasteiger partial charge in [-0.1, -0.05) is 0 Å². The molecule has 4 N–H and O–H groups in total. The predicted molar refractivity (Wildman–Crippen MR) is 73.3 cm³/mol. The highest BCUT2D eigenvalue weighted by molar-refractivity contribution is 7.89. The summed E-state index contributed by atoms with van der Waals surface area (Å²) in [6.07, 6.45) is 1.87. The monoisotopic (exact) mass is 286 g/mol. The van der Waals surface area contributed by atoms with Crippen molar-refractivity contribution >= 4 is 21.7 Å². The molecule has 0 aliphatic carbocycles. The van der Waals surface area contributed by atoms with Crippen LogP contribution in [0.1, 0.15) is 23.7 Å². The molecule has 0 fully saturated rings. The Labute approximate surface area is 112 Å². The fourth-order valence-corrected chi connectivity index (χ4v) is 2.01. The molecule has 19 heavy (non-hydrogen) atoms. The van der Waals surface area contributed by atoms with Gasteiger partial charge in [-0.25, -0.2) is 18.5 Å². The molecule has 0 radical (unpaired) electrons. The maximum absolute atomic E-state index is 11.9. The number of hydrogen-bond acceptors (Lipinski definition) is 5. The van der Waals surface area contributed by atoms with Crippen molar-refractivity contribution in [3.8, 4) is 0 Å². The van der Waals surface area contributed by atoms with Gasteiger partial charge in [0.25, 0.3) is 5.91 Å². The molecule has 0 atom stereocenters. The van der Waals surface area contributed by atoms with Crippen LogP contribution in [-0.4, -0.2) is 38.2 Å². The van der Waals surface area contributed by atoms with E-state index in [1.807, 2.05) is 6.92 Å². The van der Waals surface area contributed by atoms with Crippen molar-refractivity contribution in [1.29, 1.82) is 0 Å². The standard InChI is InChI=1S/C11H18N4O3S/c1-2-13-10-9(5-3-6-14-10)11(16)15-7-4-8-19(12,17)18/h3,5-6H,2,4,7-8H2,1H3,(H,13,14)(H,15,16)(H2,12,17,18). The Hall–Kier alpha value is -1.67. The molecule has 0 saturated carbocycles. The molecule has 8 heteroatoms. The predicted octanol–water partition coefficient (Wildman–Crippen LogP) is -0.0782. The molecule has 1 heterocycles. The summed E-state index contributed by atoms with van der Waals surface area (Å²) < 4.78 is 21.5. The summed E-state index contributed by atoms with van der Waals surface area (Å²) in [5, 5.41) is 10.5. The van der Waals surface area contributed by atoms with Crippen LogP contribution < -0.4 is 15.8 Å². The van der Waals surface area contributed by atoms with Gasteiger partial charge in [-0.2, -0.15) is 0 Å². The van der Waals surface area contributed by atoms with Crippen molar-refractivity contribution in [2.24, 2.45) is 5.14 Å². The third-order valence-corrected chi connectivity index (χ3v) is 3.15. The summed E-state index contributed by atoms with van der Waals surface area (Å²) in [6, 6.07) is 3.32. The number of primary sulfonamides is 1. The summed E-state index contributed by atoms with van der Waals surface area (Å²) in [5.74, 6) is 0.0628. The lowest BCUT2D eigenvalue weighted by molar-refractivity contribution is 0.0954. The van der Waals surface area contributed by atoms with Gasteiger partial charge in [-0.3, -0.25) is 4.79 Å². The van der Waals surface area contributed by atoms with Crippen molar-refractivity contribution in [3.05, 3.63) is 23.9 Å². The number of hydrogen-bond donors (Lipinski definition) is 3. The van der Waals surface area contributed by atoms with E-state index in [0.29, 0.717) is 17.9 Å². The van der Waals surface area contributed by atoms with Gasteiger partial charge in [0.05, 0.1) is 11.3 Å². The minimum atomic E-state index is -3.48. The van der Waals surface area contributed by atoms with E-state index in [1.54, 1.807) is 18.3 Å². The van der Waals surface area contributed by atoms with Crippen molar-refractivity contribution in [2.45, 2.75) is 13.3 Å². The third kappa shape index (κ3) is 5.66. The lowest BCUT2D eigenvalue weighted by atomic mass is 10.2. The minimum Gasteiger partial charge on any atom is -0.370 e. The third-order valence-electron chi connectivity index (χ3n) is 2.29. The van der Waals surface area contributed by atoms with Crippen molar-refractivity contribution in [3.63, 3.8) is 0 Å². The smallest absolute Gasteiger partial charge is 0.255 e. The highest BCUT2D eigenvalue weighted by atomic mass is 32.2. The van der Waals surface area contributed by atoms with Gasteiger partial charge in [0.2, 0.25) is 10.0 Å². The largest absolute Gasteiger partial charge is 0.370 e. The molecule has 1 amide bonds. The van der Waals surface area contributed by atoms with Crippen LogP contribution in [0.5, 0.6) is 0 Å². The second-order valence-electron chi connectivity index (χ2n) is 3.91. The van der Waals surface area contributed by atoms with Crippen LogP contribution >= 0.6 is 0 Å². The summed E-state index contributed by atoms with van der Waals surface area (Å²) in [6.45, 7) is 2.81. The highest BCUT2D eigenvalue weighted by Gasteiger charge is 2.11. The molecule has 0 aliphatic heterocycles. The average Bonchev–Trinajstić information content (AvgIpc) is 2.34. The molecule has 0 spiro atoms. The molecule has 0 unspecified atom stereocenters. The van der Waals surface area contributed by atoms with Gasteiger partial charge in [-0.05, 0) is 25.5 Å². The Morgan fingerprint density at radius 2 is 2.21 bits per heavy atom. The van der Waals surface area contributed by atoms with E-state index in [2.05, 4.69) is 15.6 Å². The normalized spacial score (nSPS) is 11.1. The Morgan fingerprint density at radius 1 is 1.47 bits per heavy atom. The number of carbonyl (C=O) groups excluding carboxylic acids is 1. The first-order chi connectivity index (χ1) is 8.94. The van der Waals surface area contributed by atoms with Crippen LogP contribution in [-0.2, 0) is 10.0 Å². The lowest BCUT2D eigenvalue weighted by Crippen LogP contribution is -2.28. The summed E-state index contributed by atoms with van der Waals surface area (Å²) in [7, 11) is -3.48. The molecule has 1 aromatic heterocycles. The minimum absolute atomic E-state index is 0.152. The Balaban J connectivity index is 2.54. The van der Waals surface area contributed by atoms with Crippen LogP contribution in [0.2, 0.25) is 0 Å². The number of anilines is 1. The van der Waals surface area contributed by atoms with Gasteiger partial charge in [0, 0.05) is 19.3 Å². The highest BCUT2D eigenvalue weighted by Crippen LogP contribution is 2.10. The maximum atomic E-state index is 11.9. The van der Waals surface area contributed by atoms with E-state index in [9.17, 15) is 13.2 Å². The lowest BCUT2D eigenvalue weighted by Gasteiger charge is -2.09. The number of aromatic nitrogens is 1. The molecule has 0 saturated heterocycles. The van der Waals surface area contributed by atoms with Crippen LogP contribution in [0.25, 0.3) is 0 Å². The van der Waals surface area contributed by atoms with Crippen LogP contribution in [0.15, 0.2) is 18.3 Å². The van der Waals surface area contributed by atoms with Gasteiger partial charge in [0.1, 0.15) is 5.82 Å². The Morgan fingerprint density at radius 3 is 2.84 bits per heavy atom. The number of nitrogens with zero attached hydrogens (tertiary/aromatic N) is 1. The van der Waals surface area contributed by atoms with Crippen LogP contribution in [0.3, 0.4) is 0 Å². The first-order valence-electron chi connectivity index (χ1n) is 5.91.